The van der Waals surface area contributed by atoms with Gasteiger partial charge in [0.05, 0.1) is 22.3 Å². The number of nitrogens with zero attached hydrogens (tertiary/aromatic N) is 1. The highest BCUT2D eigenvalue weighted by Gasteiger charge is 2.40. The maximum Gasteiger partial charge on any atom is 0.512 e. The highest BCUT2D eigenvalue weighted by Crippen LogP contribution is 2.26. The zero-order valence-corrected chi connectivity index (χ0v) is 12.7. The van der Waals surface area contributed by atoms with E-state index in [0.717, 1.165) is 4.88 Å². The van der Waals surface area contributed by atoms with E-state index in [1.54, 1.807) is 33.2 Å². The predicted octanol–water partition coefficient (Wildman–Crippen LogP) is 1.52. The van der Waals surface area contributed by atoms with Crippen LogP contribution >= 0.6 is 11.3 Å². The van der Waals surface area contributed by atoms with Gasteiger partial charge in [0.15, 0.2) is 0 Å². The second kappa shape index (κ2) is 5.29. The van der Waals surface area contributed by atoms with Gasteiger partial charge in [0.25, 0.3) is 0 Å². The van der Waals surface area contributed by atoms with Crippen LogP contribution in [0.1, 0.15) is 52.3 Å². The van der Waals surface area contributed by atoms with Crippen molar-refractivity contribution in [2.45, 2.75) is 58.7 Å². The van der Waals surface area contributed by atoms with Gasteiger partial charge in [-0.1, -0.05) is 13.8 Å². The molecule has 0 amide bonds. The molecular weight excluding hydrogens is 249 g/mol. The molecule has 0 unspecified atom stereocenters. The third kappa shape index (κ3) is 3.32. The Kier molecular flexibility index (Phi) is 4.59. The molecule has 1 aromatic rings. The SMILES string of the molecule is CC(C)c1scnc1B(O)OC(C)(C)C(C)(C)O. The first kappa shape index (κ1) is 15.6. The molecule has 0 aromatic carbocycles. The monoisotopic (exact) mass is 271 g/mol. The summed E-state index contributed by atoms with van der Waals surface area (Å²) in [6.07, 6.45) is 0. The molecule has 0 saturated carbocycles. The number of aromatic nitrogens is 1. The molecule has 0 aliphatic carbocycles. The van der Waals surface area contributed by atoms with E-state index in [2.05, 4.69) is 4.98 Å². The van der Waals surface area contributed by atoms with Gasteiger partial charge < -0.3 is 14.8 Å². The lowest BCUT2D eigenvalue weighted by atomic mass is 9.78. The summed E-state index contributed by atoms with van der Waals surface area (Å²) >= 11 is 1.51. The average molecular weight is 271 g/mol. The van der Waals surface area contributed by atoms with Crippen molar-refractivity contribution < 1.29 is 14.8 Å². The molecule has 6 heteroatoms. The maximum atomic E-state index is 10.1. The van der Waals surface area contributed by atoms with Gasteiger partial charge in [-0.25, -0.2) is 0 Å². The van der Waals surface area contributed by atoms with Crippen molar-refractivity contribution in [1.82, 2.24) is 4.98 Å². The van der Waals surface area contributed by atoms with Crippen LogP contribution in [0, 0.1) is 0 Å². The Morgan fingerprint density at radius 2 is 1.89 bits per heavy atom. The van der Waals surface area contributed by atoms with Gasteiger partial charge in [-0.15, -0.1) is 11.3 Å². The van der Waals surface area contributed by atoms with Crippen LogP contribution in [-0.2, 0) is 4.65 Å². The van der Waals surface area contributed by atoms with Crippen molar-refractivity contribution >= 4 is 24.0 Å². The predicted molar refractivity (Wildman–Crippen MR) is 75.3 cm³/mol. The molecule has 0 fully saturated rings. The topological polar surface area (TPSA) is 62.6 Å². The minimum absolute atomic E-state index is 0.288. The fourth-order valence-corrected chi connectivity index (χ4v) is 2.19. The molecule has 2 N–H and O–H groups in total. The minimum atomic E-state index is -1.12. The van der Waals surface area contributed by atoms with E-state index in [-0.39, 0.29) is 5.92 Å². The van der Waals surface area contributed by atoms with E-state index in [1.165, 1.54) is 11.3 Å². The molecule has 0 radical (unpaired) electrons. The van der Waals surface area contributed by atoms with Crippen molar-refractivity contribution in [2.75, 3.05) is 0 Å². The Balaban J connectivity index is 2.89. The fraction of sp³-hybridized carbons (Fsp3) is 0.750. The summed E-state index contributed by atoms with van der Waals surface area (Å²) in [6.45, 7) is 10.9. The Morgan fingerprint density at radius 3 is 2.33 bits per heavy atom. The summed E-state index contributed by atoms with van der Waals surface area (Å²) < 4.78 is 5.59. The second-order valence-corrected chi connectivity index (χ2v) is 6.68. The van der Waals surface area contributed by atoms with Crippen LogP contribution in [0.5, 0.6) is 0 Å². The van der Waals surface area contributed by atoms with Gasteiger partial charge in [0.2, 0.25) is 0 Å². The first-order valence-corrected chi connectivity index (χ1v) is 6.95. The Hall–Kier alpha value is -0.425. The molecule has 1 rings (SSSR count). The first-order chi connectivity index (χ1) is 8.06. The lowest BCUT2D eigenvalue weighted by Gasteiger charge is -2.38. The number of hydrogen-bond donors (Lipinski definition) is 2. The highest BCUT2D eigenvalue weighted by atomic mass is 32.1. The summed E-state index contributed by atoms with van der Waals surface area (Å²) in [5.74, 6) is 0.288. The summed E-state index contributed by atoms with van der Waals surface area (Å²) in [5, 5.41) is 20.2. The van der Waals surface area contributed by atoms with Gasteiger partial charge in [-0.05, 0) is 33.6 Å². The molecule has 0 bridgehead atoms. The number of thiazole rings is 1. The van der Waals surface area contributed by atoms with Crippen LogP contribution in [0.25, 0.3) is 0 Å². The average Bonchev–Trinajstić information content (AvgIpc) is 2.62. The van der Waals surface area contributed by atoms with Crippen LogP contribution in [0.4, 0.5) is 0 Å². The van der Waals surface area contributed by atoms with Crippen molar-refractivity contribution in [3.8, 4) is 0 Å². The summed E-state index contributed by atoms with van der Waals surface area (Å²) in [7, 11) is -1.12. The first-order valence-electron chi connectivity index (χ1n) is 6.08. The Morgan fingerprint density at radius 1 is 1.33 bits per heavy atom. The van der Waals surface area contributed by atoms with Crippen molar-refractivity contribution in [2.24, 2.45) is 0 Å². The third-order valence-electron chi connectivity index (χ3n) is 3.26. The molecule has 102 valence electrons. The van der Waals surface area contributed by atoms with Gasteiger partial charge in [0, 0.05) is 4.88 Å². The summed E-state index contributed by atoms with van der Waals surface area (Å²) in [5.41, 5.74) is 0.327. The van der Waals surface area contributed by atoms with Crippen LogP contribution in [0.3, 0.4) is 0 Å². The summed E-state index contributed by atoms with van der Waals surface area (Å²) in [4.78, 5) is 5.17. The molecule has 0 spiro atoms. The molecule has 0 saturated heterocycles. The normalized spacial score (nSPS) is 13.2. The molecular formula is C12H22BNO3S. The van der Waals surface area contributed by atoms with E-state index in [0.29, 0.717) is 5.59 Å². The lowest BCUT2D eigenvalue weighted by molar-refractivity contribution is -0.0983. The van der Waals surface area contributed by atoms with Crippen molar-refractivity contribution in [1.29, 1.82) is 0 Å². The summed E-state index contributed by atoms with van der Waals surface area (Å²) in [6, 6.07) is 0. The lowest BCUT2D eigenvalue weighted by Crippen LogP contribution is -2.53. The Labute approximate surface area is 113 Å². The van der Waals surface area contributed by atoms with E-state index >= 15 is 0 Å². The van der Waals surface area contributed by atoms with Crippen molar-refractivity contribution in [3.05, 3.63) is 10.4 Å². The fourth-order valence-electron chi connectivity index (χ4n) is 1.36. The van der Waals surface area contributed by atoms with E-state index in [4.69, 9.17) is 4.65 Å². The molecule has 1 heterocycles. The van der Waals surface area contributed by atoms with Crippen LogP contribution in [-0.4, -0.2) is 33.4 Å². The zero-order valence-electron chi connectivity index (χ0n) is 11.9. The standard InChI is InChI=1S/C12H22BNO3S/c1-8(2)9-10(14-7-18-9)13(16)17-12(5,6)11(3,4)15/h7-8,15-16H,1-6H3. The third-order valence-corrected chi connectivity index (χ3v) is 4.41. The van der Waals surface area contributed by atoms with Gasteiger partial charge in [0.1, 0.15) is 0 Å². The van der Waals surface area contributed by atoms with Crippen LogP contribution in [0.15, 0.2) is 5.51 Å². The number of aliphatic hydroxyl groups is 1. The Bertz CT molecular complexity index is 398. The van der Waals surface area contributed by atoms with E-state index < -0.39 is 18.3 Å². The second-order valence-electron chi connectivity index (χ2n) is 5.80. The molecule has 18 heavy (non-hydrogen) atoms. The maximum absolute atomic E-state index is 10.1. The van der Waals surface area contributed by atoms with Gasteiger partial charge in [-0.3, -0.25) is 4.98 Å². The van der Waals surface area contributed by atoms with Crippen LogP contribution < -0.4 is 5.59 Å². The van der Waals surface area contributed by atoms with Gasteiger partial charge in [-0.2, -0.15) is 0 Å². The molecule has 4 nitrogen and oxygen atoms in total. The number of rotatable bonds is 5. The number of hydrogen-bond acceptors (Lipinski definition) is 5. The molecule has 0 aliphatic rings. The molecule has 0 aliphatic heterocycles. The minimum Gasteiger partial charge on any atom is -0.422 e. The smallest absolute Gasteiger partial charge is 0.422 e. The quantitative estimate of drug-likeness (QED) is 0.797. The van der Waals surface area contributed by atoms with Crippen LogP contribution in [0.2, 0.25) is 0 Å². The van der Waals surface area contributed by atoms with Gasteiger partial charge >= 0.3 is 7.12 Å². The molecule has 0 atom stereocenters. The highest BCUT2D eigenvalue weighted by molar-refractivity contribution is 7.11. The van der Waals surface area contributed by atoms with E-state index in [9.17, 15) is 10.1 Å². The molecule has 1 aromatic heterocycles. The largest absolute Gasteiger partial charge is 0.512 e. The zero-order chi connectivity index (χ0) is 14.1. The van der Waals surface area contributed by atoms with E-state index in [1.807, 2.05) is 13.8 Å². The van der Waals surface area contributed by atoms with Crippen molar-refractivity contribution in [3.63, 3.8) is 0 Å².